The summed E-state index contributed by atoms with van der Waals surface area (Å²) in [4.78, 5) is 16.8. The van der Waals surface area contributed by atoms with Gasteiger partial charge in [-0.25, -0.2) is 9.67 Å². The molecule has 0 radical (unpaired) electrons. The summed E-state index contributed by atoms with van der Waals surface area (Å²) in [5.41, 5.74) is 2.08. The number of hydrogen-bond acceptors (Lipinski definition) is 4. The van der Waals surface area contributed by atoms with Gasteiger partial charge in [-0.1, -0.05) is 48.5 Å². The van der Waals surface area contributed by atoms with Crippen molar-refractivity contribution in [3.8, 4) is 5.75 Å². The molecule has 2 heterocycles. The fourth-order valence-electron chi connectivity index (χ4n) is 3.30. The number of benzene rings is 2. The monoisotopic (exact) mass is 362 g/mol. The molecule has 4 rings (SSSR count). The number of ether oxygens (including phenoxy) is 1. The van der Waals surface area contributed by atoms with Gasteiger partial charge in [-0.2, -0.15) is 5.10 Å². The Morgan fingerprint density at radius 2 is 1.96 bits per heavy atom. The lowest BCUT2D eigenvalue weighted by molar-refractivity contribution is -0.126. The summed E-state index contributed by atoms with van der Waals surface area (Å²) in [6.07, 6.45) is 3.14. The Balaban J connectivity index is 1.35. The maximum Gasteiger partial charge on any atom is 0.225 e. The highest BCUT2D eigenvalue weighted by Gasteiger charge is 2.25. The van der Waals surface area contributed by atoms with Gasteiger partial charge in [0.05, 0.1) is 12.5 Å². The molecule has 3 aromatic rings. The van der Waals surface area contributed by atoms with Crippen LogP contribution < -0.4 is 10.1 Å². The van der Waals surface area contributed by atoms with Gasteiger partial charge in [-0.3, -0.25) is 4.79 Å². The lowest BCUT2D eigenvalue weighted by Crippen LogP contribution is -2.36. The van der Waals surface area contributed by atoms with E-state index in [1.54, 1.807) is 6.33 Å². The Labute approximate surface area is 158 Å². The van der Waals surface area contributed by atoms with Gasteiger partial charge in [0.2, 0.25) is 5.91 Å². The molecule has 6 nitrogen and oxygen atoms in total. The summed E-state index contributed by atoms with van der Waals surface area (Å²) >= 11 is 0. The quantitative estimate of drug-likeness (QED) is 0.732. The van der Waals surface area contributed by atoms with Crippen LogP contribution >= 0.6 is 0 Å². The minimum Gasteiger partial charge on any atom is -0.489 e. The van der Waals surface area contributed by atoms with E-state index in [9.17, 15) is 4.79 Å². The summed E-state index contributed by atoms with van der Waals surface area (Å²) in [6.45, 7) is 1.54. The molecule has 1 N–H and O–H groups in total. The number of rotatable bonds is 6. The lowest BCUT2D eigenvalue weighted by atomic mass is 9.99. The smallest absolute Gasteiger partial charge is 0.225 e. The fraction of sp³-hybridized carbons (Fsp3) is 0.286. The van der Waals surface area contributed by atoms with E-state index in [4.69, 9.17) is 4.74 Å². The van der Waals surface area contributed by atoms with Crippen LogP contribution in [0.1, 0.15) is 23.4 Å². The van der Waals surface area contributed by atoms with Crippen molar-refractivity contribution in [1.82, 2.24) is 20.1 Å². The summed E-state index contributed by atoms with van der Waals surface area (Å²) in [6, 6.07) is 17.9. The maximum absolute atomic E-state index is 12.6. The van der Waals surface area contributed by atoms with Gasteiger partial charge < -0.3 is 10.1 Å². The predicted octanol–water partition coefficient (Wildman–Crippen LogP) is 2.74. The third kappa shape index (κ3) is 4.16. The highest BCUT2D eigenvalue weighted by molar-refractivity contribution is 5.78. The van der Waals surface area contributed by atoms with Gasteiger partial charge >= 0.3 is 0 Å². The number of carbonyl (C=O) groups is 1. The lowest BCUT2D eigenvalue weighted by Gasteiger charge is -2.22. The standard InChI is InChI=1S/C21H22N4O2/c26-21(18-10-11-20-23-15-24-25(20)13-18)22-12-17-8-4-5-9-19(17)27-14-16-6-2-1-3-7-16/h1-9,15,18H,10-14H2,(H,22,26). The molecule has 0 saturated carbocycles. The normalized spacial score (nSPS) is 15.8. The van der Waals surface area contributed by atoms with E-state index in [1.165, 1.54) is 0 Å². The van der Waals surface area contributed by atoms with Crippen LogP contribution in [0.25, 0.3) is 0 Å². The SMILES string of the molecule is O=C(NCc1ccccc1OCc1ccccc1)C1CCc2ncnn2C1. The molecule has 138 valence electrons. The van der Waals surface area contributed by atoms with E-state index in [0.717, 1.165) is 35.5 Å². The molecule has 1 atom stereocenters. The zero-order valence-corrected chi connectivity index (χ0v) is 15.0. The first kappa shape index (κ1) is 17.3. The zero-order chi connectivity index (χ0) is 18.5. The molecule has 0 saturated heterocycles. The molecule has 0 fully saturated rings. The molecule has 1 aliphatic rings. The molecule has 1 amide bonds. The molecule has 1 aliphatic heterocycles. The van der Waals surface area contributed by atoms with E-state index in [0.29, 0.717) is 19.7 Å². The van der Waals surface area contributed by atoms with Crippen LogP contribution in [0.3, 0.4) is 0 Å². The Bertz CT molecular complexity index is 907. The van der Waals surface area contributed by atoms with Gasteiger partial charge in [-0.05, 0) is 18.1 Å². The Morgan fingerprint density at radius 1 is 1.15 bits per heavy atom. The molecular formula is C21H22N4O2. The Hall–Kier alpha value is -3.15. The molecule has 0 spiro atoms. The summed E-state index contributed by atoms with van der Waals surface area (Å²) in [5, 5.41) is 7.23. The van der Waals surface area contributed by atoms with Crippen LogP contribution in [-0.4, -0.2) is 20.7 Å². The summed E-state index contributed by atoms with van der Waals surface area (Å²) < 4.78 is 7.79. The average molecular weight is 362 g/mol. The number of carbonyl (C=O) groups excluding carboxylic acids is 1. The van der Waals surface area contributed by atoms with Crippen molar-refractivity contribution in [2.75, 3.05) is 0 Å². The van der Waals surface area contributed by atoms with Crippen molar-refractivity contribution < 1.29 is 9.53 Å². The van der Waals surface area contributed by atoms with Gasteiger partial charge in [0.25, 0.3) is 0 Å². The number of fused-ring (bicyclic) bond motifs is 1. The van der Waals surface area contributed by atoms with Crippen LogP contribution in [0.15, 0.2) is 60.9 Å². The largest absolute Gasteiger partial charge is 0.489 e. The summed E-state index contributed by atoms with van der Waals surface area (Å²) in [7, 11) is 0. The van der Waals surface area contributed by atoms with Crippen molar-refractivity contribution in [2.24, 2.45) is 5.92 Å². The molecular weight excluding hydrogens is 340 g/mol. The minimum absolute atomic E-state index is 0.0500. The first-order chi connectivity index (χ1) is 13.3. The van der Waals surface area contributed by atoms with Gasteiger partial charge in [0.1, 0.15) is 24.5 Å². The zero-order valence-electron chi connectivity index (χ0n) is 15.0. The maximum atomic E-state index is 12.6. The highest BCUT2D eigenvalue weighted by Crippen LogP contribution is 2.21. The fourth-order valence-corrected chi connectivity index (χ4v) is 3.30. The van der Waals surface area contributed by atoms with Crippen LogP contribution in [-0.2, 0) is 30.9 Å². The first-order valence-corrected chi connectivity index (χ1v) is 9.18. The van der Waals surface area contributed by atoms with Crippen LogP contribution in [0.4, 0.5) is 0 Å². The third-order valence-corrected chi connectivity index (χ3v) is 4.84. The average Bonchev–Trinajstić information content (AvgIpc) is 3.19. The minimum atomic E-state index is -0.0726. The number of nitrogens with zero attached hydrogens (tertiary/aromatic N) is 3. The number of aromatic nitrogens is 3. The van der Waals surface area contributed by atoms with Crippen LogP contribution in [0.5, 0.6) is 5.75 Å². The topological polar surface area (TPSA) is 69.0 Å². The second-order valence-electron chi connectivity index (χ2n) is 6.69. The number of nitrogens with one attached hydrogen (secondary N) is 1. The molecule has 1 unspecified atom stereocenters. The predicted molar refractivity (Wildman–Crippen MR) is 101 cm³/mol. The highest BCUT2D eigenvalue weighted by atomic mass is 16.5. The molecule has 0 aliphatic carbocycles. The Kier molecular flexibility index (Phi) is 5.14. The van der Waals surface area contributed by atoms with Crippen molar-refractivity contribution in [1.29, 1.82) is 0 Å². The van der Waals surface area contributed by atoms with Crippen LogP contribution in [0, 0.1) is 5.92 Å². The number of aryl methyl sites for hydroxylation is 1. The second-order valence-corrected chi connectivity index (χ2v) is 6.69. The van der Waals surface area contributed by atoms with E-state index in [1.807, 2.05) is 59.3 Å². The Morgan fingerprint density at radius 3 is 2.85 bits per heavy atom. The van der Waals surface area contributed by atoms with Gasteiger partial charge in [0.15, 0.2) is 0 Å². The summed E-state index contributed by atoms with van der Waals surface area (Å²) in [5.74, 6) is 1.73. The number of amides is 1. The van der Waals surface area contributed by atoms with E-state index >= 15 is 0 Å². The molecule has 27 heavy (non-hydrogen) atoms. The number of hydrogen-bond donors (Lipinski definition) is 1. The third-order valence-electron chi connectivity index (χ3n) is 4.84. The van der Waals surface area contributed by atoms with Crippen molar-refractivity contribution >= 4 is 5.91 Å². The van der Waals surface area contributed by atoms with Gasteiger partial charge in [0, 0.05) is 18.5 Å². The molecule has 0 bridgehead atoms. The van der Waals surface area contributed by atoms with Gasteiger partial charge in [-0.15, -0.1) is 0 Å². The van der Waals surface area contributed by atoms with E-state index < -0.39 is 0 Å². The van der Waals surface area contributed by atoms with E-state index in [2.05, 4.69) is 15.4 Å². The second kappa shape index (κ2) is 8.03. The van der Waals surface area contributed by atoms with Crippen molar-refractivity contribution in [2.45, 2.75) is 32.5 Å². The van der Waals surface area contributed by atoms with Crippen molar-refractivity contribution in [3.05, 3.63) is 77.9 Å². The van der Waals surface area contributed by atoms with Crippen molar-refractivity contribution in [3.63, 3.8) is 0 Å². The number of para-hydroxylation sites is 1. The van der Waals surface area contributed by atoms with Crippen LogP contribution in [0.2, 0.25) is 0 Å². The molecule has 2 aromatic carbocycles. The molecule has 6 heteroatoms. The first-order valence-electron chi connectivity index (χ1n) is 9.18. The molecule has 1 aromatic heterocycles. The van der Waals surface area contributed by atoms with E-state index in [-0.39, 0.29) is 11.8 Å².